The molecule has 2 aromatic rings. The molecule has 1 aliphatic rings. The number of aliphatic hydroxyl groups is 1. The number of β-amino-alcohol motifs (C(OH)–C–C–N with tert-alkyl or cyclic N) is 1. The number of halogens is 1. The molecular weight excluding hydrogens is 211 g/mol. The molecule has 0 amide bonds. The van der Waals surface area contributed by atoms with Gasteiger partial charge in [0.1, 0.15) is 30.1 Å². The number of nitrogens with zero attached hydrogens (tertiary/aromatic N) is 3. The van der Waals surface area contributed by atoms with Crippen LogP contribution in [-0.2, 0) is 0 Å². The van der Waals surface area contributed by atoms with Crippen molar-refractivity contribution in [2.24, 2.45) is 0 Å². The average molecular weight is 222 g/mol. The maximum absolute atomic E-state index is 13.2. The van der Waals surface area contributed by atoms with Crippen LogP contribution in [0.2, 0.25) is 0 Å². The Bertz CT molecular complexity index is 504. The molecule has 0 spiro atoms. The Labute approximate surface area is 90.9 Å². The highest BCUT2D eigenvalue weighted by atomic mass is 19.1. The van der Waals surface area contributed by atoms with Gasteiger partial charge in [0.2, 0.25) is 0 Å². The average Bonchev–Trinajstić information content (AvgIpc) is 2.85. The first-order valence-corrected chi connectivity index (χ1v) is 5.11. The molecule has 0 aliphatic carbocycles. The van der Waals surface area contributed by atoms with Gasteiger partial charge in [-0.25, -0.2) is 14.4 Å². The van der Waals surface area contributed by atoms with Gasteiger partial charge in [0.05, 0.1) is 11.9 Å². The molecule has 1 saturated heterocycles. The Hall–Kier alpha value is -1.69. The summed E-state index contributed by atoms with van der Waals surface area (Å²) in [7, 11) is 0. The highest BCUT2D eigenvalue weighted by Crippen LogP contribution is 2.26. The molecule has 1 fully saturated rings. The topological polar surface area (TPSA) is 65.0 Å². The lowest BCUT2D eigenvalue weighted by molar-refractivity contribution is 0.118. The summed E-state index contributed by atoms with van der Waals surface area (Å²) in [6.45, 7) is 0.455. The summed E-state index contributed by atoms with van der Waals surface area (Å²) in [6, 6.07) is 1.85. The second kappa shape index (κ2) is 3.41. The summed E-state index contributed by atoms with van der Waals surface area (Å²) in [5.41, 5.74) is 0.724. The number of nitrogens with one attached hydrogen (secondary N) is 1. The molecule has 2 N–H and O–H groups in total. The summed E-state index contributed by atoms with van der Waals surface area (Å²) in [6.07, 6.45) is 1.07. The Morgan fingerprint density at radius 2 is 2.31 bits per heavy atom. The summed E-state index contributed by atoms with van der Waals surface area (Å²) < 4.78 is 13.2. The molecule has 6 heteroatoms. The molecule has 1 aliphatic heterocycles. The van der Waals surface area contributed by atoms with E-state index in [0.717, 1.165) is 11.0 Å². The first-order chi connectivity index (χ1) is 7.75. The summed E-state index contributed by atoms with van der Waals surface area (Å²) >= 11 is 0. The maximum Gasteiger partial charge on any atom is 0.145 e. The first kappa shape index (κ1) is 9.53. The molecule has 5 nitrogen and oxygen atoms in total. The first-order valence-electron chi connectivity index (χ1n) is 5.11. The van der Waals surface area contributed by atoms with Gasteiger partial charge in [-0.3, -0.25) is 0 Å². The molecule has 2 aromatic heterocycles. The minimum atomic E-state index is -1.20. The van der Waals surface area contributed by atoms with Gasteiger partial charge < -0.3 is 15.0 Å². The zero-order valence-corrected chi connectivity index (χ0v) is 8.47. The lowest BCUT2D eigenvalue weighted by atomic mass is 10.3. The number of aromatic amines is 1. The molecule has 16 heavy (non-hydrogen) atoms. The summed E-state index contributed by atoms with van der Waals surface area (Å²) in [5, 5.41) is 10.2. The molecule has 0 aromatic carbocycles. The van der Waals surface area contributed by atoms with Crippen LogP contribution in [0.1, 0.15) is 0 Å². The van der Waals surface area contributed by atoms with E-state index in [0.29, 0.717) is 5.82 Å². The van der Waals surface area contributed by atoms with Crippen LogP contribution in [0.25, 0.3) is 11.0 Å². The van der Waals surface area contributed by atoms with Crippen molar-refractivity contribution >= 4 is 16.9 Å². The van der Waals surface area contributed by atoms with Crippen molar-refractivity contribution in [3.63, 3.8) is 0 Å². The standard InChI is InChI=1S/C10H11FN4O/c11-7-3-15(4-8(7)16)10-6-1-2-12-9(6)13-5-14-10/h1-2,5,7-8,16H,3-4H2,(H,12,13,14)/t7-,8-/m1/s1. The van der Waals surface area contributed by atoms with Crippen molar-refractivity contribution in [2.75, 3.05) is 18.0 Å². The van der Waals surface area contributed by atoms with Crippen LogP contribution in [0.4, 0.5) is 10.2 Å². The van der Waals surface area contributed by atoms with Gasteiger partial charge >= 0.3 is 0 Å². The van der Waals surface area contributed by atoms with E-state index in [1.54, 1.807) is 11.1 Å². The van der Waals surface area contributed by atoms with Crippen LogP contribution in [-0.4, -0.2) is 45.4 Å². The van der Waals surface area contributed by atoms with Gasteiger partial charge in [-0.2, -0.15) is 0 Å². The van der Waals surface area contributed by atoms with Crippen molar-refractivity contribution < 1.29 is 9.50 Å². The fourth-order valence-electron chi connectivity index (χ4n) is 2.03. The number of fused-ring (bicyclic) bond motifs is 1. The fourth-order valence-corrected chi connectivity index (χ4v) is 2.03. The number of anilines is 1. The minimum Gasteiger partial charge on any atom is -0.388 e. The van der Waals surface area contributed by atoms with Crippen LogP contribution in [0.3, 0.4) is 0 Å². The van der Waals surface area contributed by atoms with E-state index in [1.807, 2.05) is 6.07 Å². The monoisotopic (exact) mass is 222 g/mol. The van der Waals surface area contributed by atoms with Crippen molar-refractivity contribution in [1.82, 2.24) is 15.0 Å². The molecular formula is C10H11FN4O. The summed E-state index contributed by atoms with van der Waals surface area (Å²) in [4.78, 5) is 12.9. The van der Waals surface area contributed by atoms with Crippen LogP contribution in [0, 0.1) is 0 Å². The van der Waals surface area contributed by atoms with Crippen molar-refractivity contribution in [2.45, 2.75) is 12.3 Å². The van der Waals surface area contributed by atoms with Crippen molar-refractivity contribution in [3.8, 4) is 0 Å². The molecule has 0 saturated carbocycles. The third kappa shape index (κ3) is 1.34. The van der Waals surface area contributed by atoms with Gasteiger partial charge in [0, 0.05) is 12.7 Å². The van der Waals surface area contributed by atoms with E-state index >= 15 is 0 Å². The molecule has 3 heterocycles. The van der Waals surface area contributed by atoms with Gasteiger partial charge in [-0.05, 0) is 6.07 Å². The Morgan fingerprint density at radius 1 is 1.44 bits per heavy atom. The van der Waals surface area contributed by atoms with E-state index in [2.05, 4.69) is 15.0 Å². The number of alkyl halides is 1. The van der Waals surface area contributed by atoms with Gasteiger partial charge in [0.15, 0.2) is 0 Å². The Balaban J connectivity index is 2.03. The molecule has 2 atom stereocenters. The van der Waals surface area contributed by atoms with Gasteiger partial charge in [-0.1, -0.05) is 0 Å². The minimum absolute atomic E-state index is 0.179. The highest BCUT2D eigenvalue weighted by Gasteiger charge is 2.32. The molecule has 84 valence electrons. The predicted molar refractivity (Wildman–Crippen MR) is 57.0 cm³/mol. The zero-order chi connectivity index (χ0) is 11.1. The van der Waals surface area contributed by atoms with E-state index in [-0.39, 0.29) is 13.1 Å². The SMILES string of the molecule is O[C@@H]1CN(c2ncnc3[nH]ccc23)C[C@H]1F. The maximum atomic E-state index is 13.2. The van der Waals surface area contributed by atoms with E-state index in [4.69, 9.17) is 0 Å². The lowest BCUT2D eigenvalue weighted by Crippen LogP contribution is -2.22. The number of H-pyrrole nitrogens is 1. The number of aromatic nitrogens is 3. The molecule has 0 radical (unpaired) electrons. The summed E-state index contributed by atoms with van der Waals surface area (Å²) in [5.74, 6) is 0.672. The number of aliphatic hydroxyl groups excluding tert-OH is 1. The van der Waals surface area contributed by atoms with Crippen LogP contribution >= 0.6 is 0 Å². The van der Waals surface area contributed by atoms with Crippen LogP contribution in [0.15, 0.2) is 18.6 Å². The highest BCUT2D eigenvalue weighted by molar-refractivity contribution is 5.87. The number of rotatable bonds is 1. The lowest BCUT2D eigenvalue weighted by Gasteiger charge is -2.16. The van der Waals surface area contributed by atoms with E-state index < -0.39 is 12.3 Å². The van der Waals surface area contributed by atoms with Crippen molar-refractivity contribution in [3.05, 3.63) is 18.6 Å². The third-order valence-corrected chi connectivity index (χ3v) is 2.85. The van der Waals surface area contributed by atoms with Gasteiger partial charge in [-0.15, -0.1) is 0 Å². The van der Waals surface area contributed by atoms with Gasteiger partial charge in [0.25, 0.3) is 0 Å². The molecule has 0 unspecified atom stereocenters. The normalized spacial score (nSPS) is 25.5. The Morgan fingerprint density at radius 3 is 3.06 bits per heavy atom. The quantitative estimate of drug-likeness (QED) is 0.736. The Kier molecular flexibility index (Phi) is 2.03. The zero-order valence-electron chi connectivity index (χ0n) is 8.47. The fraction of sp³-hybridized carbons (Fsp3) is 0.400. The second-order valence-electron chi connectivity index (χ2n) is 3.93. The van der Waals surface area contributed by atoms with Crippen LogP contribution < -0.4 is 4.90 Å². The third-order valence-electron chi connectivity index (χ3n) is 2.85. The second-order valence-corrected chi connectivity index (χ2v) is 3.93. The predicted octanol–water partition coefficient (Wildman–Crippen LogP) is 0.477. The van der Waals surface area contributed by atoms with E-state index in [9.17, 15) is 9.50 Å². The number of hydrogen-bond acceptors (Lipinski definition) is 4. The smallest absolute Gasteiger partial charge is 0.145 e. The largest absolute Gasteiger partial charge is 0.388 e. The molecule has 0 bridgehead atoms. The van der Waals surface area contributed by atoms with E-state index in [1.165, 1.54) is 6.33 Å². The van der Waals surface area contributed by atoms with Crippen LogP contribution in [0.5, 0.6) is 0 Å². The van der Waals surface area contributed by atoms with Crippen molar-refractivity contribution in [1.29, 1.82) is 0 Å². The number of hydrogen-bond donors (Lipinski definition) is 2. The molecule has 3 rings (SSSR count).